The van der Waals surface area contributed by atoms with Crippen LogP contribution in [-0.4, -0.2) is 53.0 Å². The lowest BCUT2D eigenvalue weighted by Crippen LogP contribution is -2.38. The van der Waals surface area contributed by atoms with Crippen LogP contribution in [0.2, 0.25) is 0 Å². The highest BCUT2D eigenvalue weighted by Gasteiger charge is 2.20. The molecule has 2 rings (SSSR count). The molecule has 0 saturated heterocycles. The first-order valence-electron chi connectivity index (χ1n) is 9.57. The molecule has 27 heavy (non-hydrogen) atoms. The van der Waals surface area contributed by atoms with Gasteiger partial charge in [-0.2, -0.15) is 0 Å². The van der Waals surface area contributed by atoms with Gasteiger partial charge in [-0.1, -0.05) is 0 Å². The van der Waals surface area contributed by atoms with Crippen molar-refractivity contribution in [3.05, 3.63) is 23.8 Å². The van der Waals surface area contributed by atoms with Crippen molar-refractivity contribution in [2.75, 3.05) is 47.1 Å². The van der Waals surface area contributed by atoms with Crippen molar-refractivity contribution >= 4 is 29.9 Å². The van der Waals surface area contributed by atoms with Crippen LogP contribution in [-0.2, 0) is 11.2 Å². The second-order valence-corrected chi connectivity index (χ2v) is 6.49. The number of rotatable bonds is 12. The fourth-order valence-corrected chi connectivity index (χ4v) is 2.63. The fraction of sp³-hybridized carbons (Fsp3) is 0.650. The summed E-state index contributed by atoms with van der Waals surface area (Å²) in [4.78, 5) is 4.61. The lowest BCUT2D eigenvalue weighted by atomic mass is 10.1. The molecule has 0 radical (unpaired) electrons. The summed E-state index contributed by atoms with van der Waals surface area (Å²) in [6.07, 6.45) is 4.46. The Morgan fingerprint density at radius 3 is 2.67 bits per heavy atom. The van der Waals surface area contributed by atoms with Gasteiger partial charge in [0.1, 0.15) is 11.5 Å². The molecule has 0 spiro atoms. The fourth-order valence-electron chi connectivity index (χ4n) is 2.63. The third-order valence-electron chi connectivity index (χ3n) is 4.29. The minimum absolute atomic E-state index is 0. The number of guanidine groups is 1. The zero-order chi connectivity index (χ0) is 18.6. The van der Waals surface area contributed by atoms with Gasteiger partial charge in [-0.05, 0) is 62.3 Å². The number of aliphatic imine (C=N–C) groups is 1. The third-order valence-corrected chi connectivity index (χ3v) is 4.29. The van der Waals surface area contributed by atoms with Crippen molar-refractivity contribution in [3.8, 4) is 11.5 Å². The van der Waals surface area contributed by atoms with Crippen molar-refractivity contribution in [2.45, 2.75) is 32.6 Å². The van der Waals surface area contributed by atoms with Crippen molar-refractivity contribution in [1.82, 2.24) is 10.6 Å². The van der Waals surface area contributed by atoms with Crippen LogP contribution >= 0.6 is 24.0 Å². The van der Waals surface area contributed by atoms with E-state index in [0.29, 0.717) is 0 Å². The summed E-state index contributed by atoms with van der Waals surface area (Å²) in [6.45, 7) is 6.16. The lowest BCUT2D eigenvalue weighted by Gasteiger charge is -2.13. The van der Waals surface area contributed by atoms with E-state index in [0.717, 1.165) is 74.6 Å². The van der Waals surface area contributed by atoms with Gasteiger partial charge in [0.15, 0.2) is 5.96 Å². The average Bonchev–Trinajstić information content (AvgIpc) is 3.48. The summed E-state index contributed by atoms with van der Waals surface area (Å²) < 4.78 is 16.4. The van der Waals surface area contributed by atoms with E-state index < -0.39 is 0 Å². The molecule has 1 saturated carbocycles. The van der Waals surface area contributed by atoms with E-state index >= 15 is 0 Å². The zero-order valence-electron chi connectivity index (χ0n) is 16.8. The number of methoxy groups -OCH3 is 2. The van der Waals surface area contributed by atoms with Gasteiger partial charge < -0.3 is 24.8 Å². The number of nitrogens with one attached hydrogen (secondary N) is 2. The van der Waals surface area contributed by atoms with Crippen LogP contribution in [0.3, 0.4) is 0 Å². The smallest absolute Gasteiger partial charge is 0.191 e. The highest BCUT2D eigenvalue weighted by atomic mass is 127. The monoisotopic (exact) mass is 491 g/mol. The Morgan fingerprint density at radius 1 is 1.19 bits per heavy atom. The van der Waals surface area contributed by atoms with E-state index in [-0.39, 0.29) is 24.0 Å². The number of nitrogens with zero attached hydrogens (tertiary/aromatic N) is 1. The molecule has 1 aromatic carbocycles. The third kappa shape index (κ3) is 9.51. The van der Waals surface area contributed by atoms with Crippen LogP contribution in [0.4, 0.5) is 0 Å². The molecule has 0 atom stereocenters. The van der Waals surface area contributed by atoms with E-state index in [9.17, 15) is 0 Å². The van der Waals surface area contributed by atoms with Gasteiger partial charge in [-0.25, -0.2) is 0 Å². The van der Waals surface area contributed by atoms with Gasteiger partial charge in [-0.15, -0.1) is 24.0 Å². The SMILES string of the molecule is CCNC(=NCCCOCC1CC1)NCCc1cc(OC)ccc1OC.I. The van der Waals surface area contributed by atoms with Crippen LogP contribution in [0, 0.1) is 5.92 Å². The standard InChI is InChI=1S/C20H33N3O3.HI/c1-4-21-20(22-11-5-13-26-15-16-6-7-16)23-12-10-17-14-18(24-2)8-9-19(17)25-3;/h8-9,14,16H,4-7,10-13,15H2,1-3H3,(H2,21,22,23);1H. The molecule has 1 fully saturated rings. The molecule has 0 heterocycles. The molecule has 1 aliphatic rings. The molecular formula is C20H34IN3O3. The van der Waals surface area contributed by atoms with Crippen molar-refractivity contribution in [3.63, 3.8) is 0 Å². The molecule has 0 bridgehead atoms. The molecule has 6 nitrogen and oxygen atoms in total. The van der Waals surface area contributed by atoms with Gasteiger partial charge in [0.05, 0.1) is 14.2 Å². The number of halogens is 1. The topological polar surface area (TPSA) is 64.1 Å². The molecule has 154 valence electrons. The summed E-state index contributed by atoms with van der Waals surface area (Å²) in [5.74, 6) is 3.39. The van der Waals surface area contributed by atoms with Crippen molar-refractivity contribution in [2.24, 2.45) is 10.9 Å². The molecule has 1 aliphatic carbocycles. The molecule has 0 aromatic heterocycles. The first-order valence-corrected chi connectivity index (χ1v) is 9.57. The van der Waals surface area contributed by atoms with E-state index in [1.807, 2.05) is 18.2 Å². The van der Waals surface area contributed by atoms with E-state index in [4.69, 9.17) is 14.2 Å². The molecular weight excluding hydrogens is 457 g/mol. The first kappa shape index (κ1) is 23.8. The summed E-state index contributed by atoms with van der Waals surface area (Å²) in [5, 5.41) is 6.66. The Labute approximate surface area is 180 Å². The highest BCUT2D eigenvalue weighted by Crippen LogP contribution is 2.28. The number of ether oxygens (including phenoxy) is 3. The Morgan fingerprint density at radius 2 is 2.00 bits per heavy atom. The van der Waals surface area contributed by atoms with E-state index in [2.05, 4.69) is 22.5 Å². The molecule has 0 amide bonds. The largest absolute Gasteiger partial charge is 0.497 e. The summed E-state index contributed by atoms with van der Waals surface area (Å²) >= 11 is 0. The Kier molecular flexibility index (Phi) is 12.2. The van der Waals surface area contributed by atoms with Gasteiger partial charge in [0.25, 0.3) is 0 Å². The second kappa shape index (κ2) is 13.9. The second-order valence-electron chi connectivity index (χ2n) is 6.49. The maximum atomic E-state index is 5.65. The molecule has 2 N–H and O–H groups in total. The molecule has 7 heteroatoms. The number of hydrogen-bond acceptors (Lipinski definition) is 4. The average molecular weight is 491 g/mol. The van der Waals surface area contributed by atoms with Crippen LogP contribution in [0.25, 0.3) is 0 Å². The van der Waals surface area contributed by atoms with Crippen molar-refractivity contribution < 1.29 is 14.2 Å². The van der Waals surface area contributed by atoms with Crippen LogP contribution in [0.1, 0.15) is 31.7 Å². The minimum atomic E-state index is 0. The normalized spacial score (nSPS) is 13.7. The molecule has 0 aliphatic heterocycles. The van der Waals surface area contributed by atoms with E-state index in [1.165, 1.54) is 12.8 Å². The Balaban J connectivity index is 0.00000364. The Hall–Kier alpha value is -1.22. The highest BCUT2D eigenvalue weighted by molar-refractivity contribution is 14.0. The Bertz CT molecular complexity index is 565. The van der Waals surface area contributed by atoms with Crippen LogP contribution < -0.4 is 20.1 Å². The zero-order valence-corrected chi connectivity index (χ0v) is 19.1. The lowest BCUT2D eigenvalue weighted by molar-refractivity contribution is 0.123. The first-order chi connectivity index (χ1) is 12.8. The van der Waals surface area contributed by atoms with Gasteiger partial charge >= 0.3 is 0 Å². The minimum Gasteiger partial charge on any atom is -0.497 e. The predicted molar refractivity (Wildman–Crippen MR) is 121 cm³/mol. The van der Waals surface area contributed by atoms with Crippen LogP contribution in [0.15, 0.2) is 23.2 Å². The quantitative estimate of drug-likeness (QED) is 0.204. The maximum absolute atomic E-state index is 5.65. The summed E-state index contributed by atoms with van der Waals surface area (Å²) in [5.41, 5.74) is 1.11. The molecule has 1 aromatic rings. The number of hydrogen-bond donors (Lipinski definition) is 2. The van der Waals surface area contributed by atoms with Gasteiger partial charge in [-0.3, -0.25) is 4.99 Å². The maximum Gasteiger partial charge on any atom is 0.191 e. The van der Waals surface area contributed by atoms with Gasteiger partial charge in [0, 0.05) is 32.8 Å². The number of benzene rings is 1. The van der Waals surface area contributed by atoms with Crippen molar-refractivity contribution in [1.29, 1.82) is 0 Å². The predicted octanol–water partition coefficient (Wildman–Crippen LogP) is 3.24. The van der Waals surface area contributed by atoms with E-state index in [1.54, 1.807) is 14.2 Å². The van der Waals surface area contributed by atoms with Gasteiger partial charge in [0.2, 0.25) is 0 Å². The molecule has 0 unspecified atom stereocenters. The summed E-state index contributed by atoms with van der Waals surface area (Å²) in [6, 6.07) is 5.86. The van der Waals surface area contributed by atoms with Crippen LogP contribution in [0.5, 0.6) is 11.5 Å². The summed E-state index contributed by atoms with van der Waals surface area (Å²) in [7, 11) is 3.36.